The van der Waals surface area contributed by atoms with Gasteiger partial charge in [-0.1, -0.05) is 35.5 Å². The molecule has 10 heteroatoms. The number of allylic oxidation sites excluding steroid dienone is 1. The minimum atomic E-state index is -3.53. The van der Waals surface area contributed by atoms with Crippen LogP contribution in [0.3, 0.4) is 0 Å². The van der Waals surface area contributed by atoms with Gasteiger partial charge in [0, 0.05) is 11.6 Å². The zero-order valence-corrected chi connectivity index (χ0v) is 13.3. The summed E-state index contributed by atoms with van der Waals surface area (Å²) in [6.45, 7) is 1.37. The summed E-state index contributed by atoms with van der Waals surface area (Å²) in [5, 5.41) is 13.9. The molecule has 0 bridgehead atoms. The molecule has 0 aliphatic carbocycles. The Kier molecular flexibility index (Phi) is 4.45. The number of hydrazine groups is 1. The predicted octanol–water partition coefficient (Wildman–Crippen LogP) is 2.71. The van der Waals surface area contributed by atoms with Gasteiger partial charge in [0.2, 0.25) is 5.72 Å². The first kappa shape index (κ1) is 17.9. The zero-order chi connectivity index (χ0) is 19.1. The van der Waals surface area contributed by atoms with E-state index < -0.39 is 30.2 Å². The number of nitrogens with one attached hydrogen (secondary N) is 1. The summed E-state index contributed by atoms with van der Waals surface area (Å²) in [6.07, 6.45) is -6.49. The number of alkyl halides is 4. The van der Waals surface area contributed by atoms with Gasteiger partial charge in [0.15, 0.2) is 0 Å². The van der Waals surface area contributed by atoms with E-state index in [1.807, 2.05) is 5.43 Å². The van der Waals surface area contributed by atoms with Gasteiger partial charge in [0.05, 0.1) is 5.70 Å². The van der Waals surface area contributed by atoms with E-state index in [2.05, 4.69) is 5.16 Å². The third-order valence-corrected chi connectivity index (χ3v) is 3.85. The van der Waals surface area contributed by atoms with Gasteiger partial charge in [-0.3, -0.25) is 10.2 Å². The highest BCUT2D eigenvalue weighted by Crippen LogP contribution is 2.34. The summed E-state index contributed by atoms with van der Waals surface area (Å²) in [5.74, 6) is -1.20. The molecule has 138 valence electrons. The second-order valence-electron chi connectivity index (χ2n) is 5.56. The Morgan fingerprint density at radius 1 is 1.27 bits per heavy atom. The number of aryl methyl sites for hydroxylation is 1. The largest absolute Gasteiger partial charge is 0.361 e. The van der Waals surface area contributed by atoms with Crippen LogP contribution in [-0.4, -0.2) is 39.8 Å². The first-order chi connectivity index (χ1) is 12.3. The van der Waals surface area contributed by atoms with Crippen molar-refractivity contribution in [2.45, 2.75) is 25.5 Å². The second kappa shape index (κ2) is 6.45. The first-order valence-electron chi connectivity index (χ1n) is 7.40. The molecule has 1 amide bonds. The fourth-order valence-electron chi connectivity index (χ4n) is 2.56. The molecule has 1 unspecified atom stereocenters. The monoisotopic (exact) mass is 371 g/mol. The molecule has 0 saturated heterocycles. The lowest BCUT2D eigenvalue weighted by molar-refractivity contribution is -0.146. The maximum atomic E-state index is 13.3. The van der Waals surface area contributed by atoms with Gasteiger partial charge < -0.3 is 9.63 Å². The van der Waals surface area contributed by atoms with E-state index in [4.69, 9.17) is 4.52 Å². The van der Waals surface area contributed by atoms with Crippen LogP contribution in [0.15, 0.2) is 46.6 Å². The number of carbonyl (C=O) groups excluding carboxylic acids is 1. The molecule has 0 fully saturated rings. The zero-order valence-electron chi connectivity index (χ0n) is 13.3. The minimum Gasteiger partial charge on any atom is -0.361 e. The number of hydrogen-bond acceptors (Lipinski definition) is 5. The number of rotatable bonds is 4. The van der Waals surface area contributed by atoms with Crippen LogP contribution in [0.25, 0.3) is 11.3 Å². The molecule has 1 aromatic heterocycles. The quantitative estimate of drug-likeness (QED) is 0.808. The Bertz CT molecular complexity index is 854. The van der Waals surface area contributed by atoms with Crippen LogP contribution in [0.1, 0.15) is 16.1 Å². The minimum absolute atomic E-state index is 0.0160. The fraction of sp³-hybridized carbons (Fsp3) is 0.250. The van der Waals surface area contributed by atoms with Crippen molar-refractivity contribution in [3.63, 3.8) is 0 Å². The number of amides is 1. The summed E-state index contributed by atoms with van der Waals surface area (Å²) < 4.78 is 57.4. The van der Waals surface area contributed by atoms with Crippen molar-refractivity contribution in [3.8, 4) is 11.3 Å². The van der Waals surface area contributed by atoms with Crippen molar-refractivity contribution in [2.24, 2.45) is 0 Å². The molecule has 1 aliphatic heterocycles. The lowest BCUT2D eigenvalue weighted by atomic mass is 10.0. The molecule has 26 heavy (non-hydrogen) atoms. The number of carbonyl (C=O) groups is 1. The number of benzene rings is 1. The molecular weight excluding hydrogens is 358 g/mol. The number of aromatic nitrogens is 1. The van der Waals surface area contributed by atoms with Crippen molar-refractivity contribution >= 4 is 5.91 Å². The average Bonchev–Trinajstić information content (AvgIpc) is 3.17. The number of hydrogen-bond donors (Lipinski definition) is 2. The average molecular weight is 371 g/mol. The molecule has 1 atom stereocenters. The number of nitrogens with zero attached hydrogens (tertiary/aromatic N) is 2. The van der Waals surface area contributed by atoms with E-state index in [1.165, 1.54) is 6.92 Å². The van der Waals surface area contributed by atoms with E-state index in [-0.39, 0.29) is 28.1 Å². The Labute approximate surface area is 144 Å². The maximum Gasteiger partial charge on any atom is 0.291 e. The molecule has 2 aromatic rings. The molecule has 0 radical (unpaired) electrons. The second-order valence-corrected chi connectivity index (χ2v) is 5.56. The Morgan fingerprint density at radius 2 is 1.92 bits per heavy atom. The standard InChI is InChI=1S/C16H13F4N3O3/c1-8-11(12(22-26-8)9-5-3-2-4-6-9)14(24)23-16(25,15(19)20)7-10(21-23)13(17)18/h2-7,13,15,21,25H,1H3. The van der Waals surface area contributed by atoms with E-state index in [0.29, 0.717) is 5.56 Å². The molecule has 1 aromatic carbocycles. The van der Waals surface area contributed by atoms with Crippen LogP contribution in [0, 0.1) is 6.92 Å². The predicted molar refractivity (Wildman–Crippen MR) is 81.0 cm³/mol. The van der Waals surface area contributed by atoms with Crippen LogP contribution in [0.2, 0.25) is 0 Å². The van der Waals surface area contributed by atoms with Gasteiger partial charge >= 0.3 is 0 Å². The molecule has 2 N–H and O–H groups in total. The molecule has 3 rings (SSSR count). The summed E-state index contributed by atoms with van der Waals surface area (Å²) in [5.41, 5.74) is -2.12. The summed E-state index contributed by atoms with van der Waals surface area (Å²) in [7, 11) is 0. The molecule has 0 saturated carbocycles. The fourth-order valence-corrected chi connectivity index (χ4v) is 2.56. The van der Waals surface area contributed by atoms with Crippen LogP contribution in [0.5, 0.6) is 0 Å². The highest BCUT2D eigenvalue weighted by atomic mass is 19.3. The molecule has 0 spiro atoms. The third kappa shape index (κ3) is 2.81. The van der Waals surface area contributed by atoms with Crippen molar-refractivity contribution in [2.75, 3.05) is 0 Å². The van der Waals surface area contributed by atoms with Gasteiger partial charge in [0.1, 0.15) is 17.0 Å². The highest BCUT2D eigenvalue weighted by molar-refractivity contribution is 6.01. The Hall–Kier alpha value is -2.88. The maximum absolute atomic E-state index is 13.3. The molecule has 1 aliphatic rings. The van der Waals surface area contributed by atoms with Crippen molar-refractivity contribution in [1.82, 2.24) is 15.6 Å². The summed E-state index contributed by atoms with van der Waals surface area (Å²) in [6, 6.07) is 8.25. The van der Waals surface area contributed by atoms with E-state index in [0.717, 1.165) is 0 Å². The van der Waals surface area contributed by atoms with Gasteiger partial charge in [0.25, 0.3) is 18.8 Å². The SMILES string of the molecule is Cc1onc(-c2ccccc2)c1C(=O)N1NC(C(F)F)=CC1(O)C(F)F. The molecular formula is C16H13F4N3O3. The highest BCUT2D eigenvalue weighted by Gasteiger charge is 2.52. The first-order valence-corrected chi connectivity index (χ1v) is 7.40. The molecule has 6 nitrogen and oxygen atoms in total. The summed E-state index contributed by atoms with van der Waals surface area (Å²) in [4.78, 5) is 12.8. The molecule has 2 heterocycles. The number of halogens is 4. The third-order valence-electron chi connectivity index (χ3n) is 3.85. The van der Waals surface area contributed by atoms with Crippen molar-refractivity contribution < 1.29 is 32.0 Å². The van der Waals surface area contributed by atoms with Crippen LogP contribution < -0.4 is 5.43 Å². The van der Waals surface area contributed by atoms with Crippen LogP contribution >= 0.6 is 0 Å². The van der Waals surface area contributed by atoms with E-state index in [9.17, 15) is 27.5 Å². The Balaban J connectivity index is 2.04. The lowest BCUT2D eigenvalue weighted by Crippen LogP contribution is -2.56. The van der Waals surface area contributed by atoms with Gasteiger partial charge in [-0.25, -0.2) is 22.6 Å². The normalized spacial score (nSPS) is 19.8. The van der Waals surface area contributed by atoms with Crippen LogP contribution in [0.4, 0.5) is 17.6 Å². The summed E-state index contributed by atoms with van der Waals surface area (Å²) >= 11 is 0. The van der Waals surface area contributed by atoms with Crippen molar-refractivity contribution in [1.29, 1.82) is 0 Å². The Morgan fingerprint density at radius 3 is 2.50 bits per heavy atom. The smallest absolute Gasteiger partial charge is 0.291 e. The van der Waals surface area contributed by atoms with Crippen LogP contribution in [-0.2, 0) is 0 Å². The van der Waals surface area contributed by atoms with E-state index >= 15 is 0 Å². The van der Waals surface area contributed by atoms with Crippen molar-refractivity contribution in [3.05, 3.63) is 53.4 Å². The lowest BCUT2D eigenvalue weighted by Gasteiger charge is -2.31. The van der Waals surface area contributed by atoms with Gasteiger partial charge in [-0.05, 0) is 6.92 Å². The van der Waals surface area contributed by atoms with Gasteiger partial charge in [-0.2, -0.15) is 0 Å². The van der Waals surface area contributed by atoms with E-state index in [1.54, 1.807) is 30.3 Å². The van der Waals surface area contributed by atoms with Gasteiger partial charge in [-0.15, -0.1) is 0 Å². The topological polar surface area (TPSA) is 78.6 Å². The number of aliphatic hydroxyl groups is 1.